The van der Waals surface area contributed by atoms with Crippen molar-refractivity contribution in [1.82, 2.24) is 29.5 Å². The first-order chi connectivity index (χ1) is 31.5. The quantitative estimate of drug-likeness (QED) is 0.0714. The first-order valence-corrected chi connectivity index (χ1v) is 25.1. The molecule has 0 radical (unpaired) electrons. The molecule has 10 rings (SSSR count). The fraction of sp³-hybridized carbons (Fsp3) is 0.490. The predicted octanol–water partition coefficient (Wildman–Crippen LogP) is 8.77. The number of piperazine rings is 1. The van der Waals surface area contributed by atoms with Crippen LogP contribution in [0.5, 0.6) is 11.5 Å². The summed E-state index contributed by atoms with van der Waals surface area (Å²) in [5.41, 5.74) is 4.43. The number of aromatic nitrogens is 3. The number of piperidine rings is 1. The molecule has 2 aliphatic heterocycles. The molecule has 1 amide bonds. The molecule has 16 heteroatoms. The van der Waals surface area contributed by atoms with Gasteiger partial charge in [0.1, 0.15) is 22.0 Å². The van der Waals surface area contributed by atoms with Crippen molar-refractivity contribution < 1.29 is 22.9 Å². The van der Waals surface area contributed by atoms with Crippen LogP contribution in [0.1, 0.15) is 111 Å². The molecule has 3 N–H and O–H groups in total. The normalized spacial score (nSPS) is 21.0. The van der Waals surface area contributed by atoms with E-state index in [2.05, 4.69) is 70.9 Å². The van der Waals surface area contributed by atoms with E-state index < -0.39 is 31.4 Å². The Balaban J connectivity index is 0.843. The molecule has 5 heterocycles. The van der Waals surface area contributed by atoms with E-state index in [1.807, 2.05) is 12.1 Å². The lowest BCUT2D eigenvalue weighted by Gasteiger charge is -2.58. The number of H-pyrrole nitrogens is 1. The number of pyridine rings is 2. The molecule has 2 saturated heterocycles. The molecule has 5 fully saturated rings. The van der Waals surface area contributed by atoms with E-state index in [4.69, 9.17) is 4.74 Å². The van der Waals surface area contributed by atoms with Crippen LogP contribution in [-0.2, 0) is 10.0 Å². The smallest absolute Gasteiger partial charge is 0.312 e. The number of hydrogen-bond acceptors (Lipinski definition) is 12. The predicted molar refractivity (Wildman–Crippen MR) is 250 cm³/mol. The molecule has 3 saturated carbocycles. The van der Waals surface area contributed by atoms with Crippen LogP contribution in [0.4, 0.5) is 17.2 Å². The first-order valence-electron chi connectivity index (χ1n) is 23.6. The third kappa shape index (κ3) is 9.17. The lowest BCUT2D eigenvalue weighted by molar-refractivity contribution is -0.384. The molecule has 3 aromatic heterocycles. The minimum absolute atomic E-state index is 0.00436. The van der Waals surface area contributed by atoms with E-state index in [1.165, 1.54) is 37.7 Å². The van der Waals surface area contributed by atoms with Gasteiger partial charge in [-0.1, -0.05) is 50.5 Å². The highest BCUT2D eigenvalue weighted by molar-refractivity contribution is 7.90. The Labute approximate surface area is 380 Å². The lowest BCUT2D eigenvalue weighted by Crippen LogP contribution is -2.60. The Morgan fingerprint density at radius 2 is 1.72 bits per heavy atom. The number of sulfonamides is 1. The van der Waals surface area contributed by atoms with Crippen molar-refractivity contribution in [3.05, 3.63) is 106 Å². The molecule has 0 unspecified atom stereocenters. The number of benzene rings is 2. The molecular formula is C49H59N9O6S. The van der Waals surface area contributed by atoms with E-state index in [9.17, 15) is 23.3 Å². The van der Waals surface area contributed by atoms with E-state index in [0.29, 0.717) is 47.3 Å². The van der Waals surface area contributed by atoms with Gasteiger partial charge in [0, 0.05) is 80.8 Å². The lowest BCUT2D eigenvalue weighted by atomic mass is 9.59. The van der Waals surface area contributed by atoms with Crippen LogP contribution < -0.4 is 19.7 Å². The van der Waals surface area contributed by atoms with Crippen LogP contribution in [0.25, 0.3) is 11.0 Å². The van der Waals surface area contributed by atoms with Crippen LogP contribution in [0, 0.1) is 21.4 Å². The number of aromatic amines is 1. The zero-order valence-electron chi connectivity index (χ0n) is 37.1. The summed E-state index contributed by atoms with van der Waals surface area (Å²) < 4.78 is 35.9. The van der Waals surface area contributed by atoms with Crippen molar-refractivity contribution in [3.8, 4) is 11.5 Å². The van der Waals surface area contributed by atoms with E-state index in [-0.39, 0.29) is 17.1 Å². The highest BCUT2D eigenvalue weighted by Crippen LogP contribution is 2.54. The number of hydrogen-bond donors (Lipinski definition) is 3. The fourth-order valence-electron chi connectivity index (χ4n) is 11.1. The fourth-order valence-corrected chi connectivity index (χ4v) is 12.0. The van der Waals surface area contributed by atoms with Crippen molar-refractivity contribution in [3.63, 3.8) is 0 Å². The maximum absolute atomic E-state index is 14.0. The van der Waals surface area contributed by atoms with E-state index in [0.717, 1.165) is 101 Å². The number of likely N-dealkylation sites (N-methyl/N-ethyl adjacent to an activating group) is 1. The van der Waals surface area contributed by atoms with Gasteiger partial charge in [-0.3, -0.25) is 19.8 Å². The molecule has 1 spiro atoms. The van der Waals surface area contributed by atoms with Gasteiger partial charge in [0.15, 0.2) is 0 Å². The summed E-state index contributed by atoms with van der Waals surface area (Å²) >= 11 is 0. The van der Waals surface area contributed by atoms with E-state index in [1.54, 1.807) is 36.2 Å². The molecule has 2 aromatic carbocycles. The summed E-state index contributed by atoms with van der Waals surface area (Å²) in [5, 5.41) is 16.0. The Morgan fingerprint density at radius 3 is 2.48 bits per heavy atom. The second kappa shape index (κ2) is 18.0. The summed E-state index contributed by atoms with van der Waals surface area (Å²) in [6.45, 7) is 8.85. The number of nitrogens with zero attached hydrogens (tertiary/aromatic N) is 6. The summed E-state index contributed by atoms with van der Waals surface area (Å²) in [5.74, 6) is 0.665. The van der Waals surface area contributed by atoms with E-state index >= 15 is 0 Å². The number of rotatable bonds is 14. The number of anilines is 2. The zero-order chi connectivity index (χ0) is 44.7. The summed E-state index contributed by atoms with van der Waals surface area (Å²) in [7, 11) is -4.59. The average Bonchev–Trinajstić information content (AvgIpc) is 4.06. The Morgan fingerprint density at radius 1 is 0.938 bits per heavy atom. The van der Waals surface area contributed by atoms with Crippen molar-refractivity contribution in [2.45, 2.75) is 100 Å². The summed E-state index contributed by atoms with van der Waals surface area (Å²) in [6, 6.07) is 20.0. The Kier molecular flexibility index (Phi) is 12.0. The topological polar surface area (TPSA) is 179 Å². The minimum atomic E-state index is -4.59. The van der Waals surface area contributed by atoms with Crippen molar-refractivity contribution in [2.24, 2.45) is 11.3 Å². The number of carbonyl (C=O) groups excluding carboxylic acids is 1. The Bertz CT molecular complexity index is 2670. The van der Waals surface area contributed by atoms with Crippen molar-refractivity contribution >= 4 is 44.2 Å². The van der Waals surface area contributed by atoms with Gasteiger partial charge in [-0.25, -0.2) is 23.1 Å². The molecule has 0 bridgehead atoms. The molecule has 65 heavy (non-hydrogen) atoms. The maximum Gasteiger partial charge on any atom is 0.312 e. The van der Waals surface area contributed by atoms with Crippen LogP contribution in [0.15, 0.2) is 84.1 Å². The van der Waals surface area contributed by atoms with Gasteiger partial charge >= 0.3 is 5.69 Å². The molecule has 342 valence electrons. The highest BCUT2D eigenvalue weighted by Gasteiger charge is 2.50. The number of nitro groups is 1. The van der Waals surface area contributed by atoms with Gasteiger partial charge in [-0.05, 0) is 111 Å². The molecule has 5 aromatic rings. The monoisotopic (exact) mass is 901 g/mol. The summed E-state index contributed by atoms with van der Waals surface area (Å²) in [6.07, 6.45) is 16.9. The molecular weight excluding hydrogens is 843 g/mol. The van der Waals surface area contributed by atoms with Gasteiger partial charge in [0.25, 0.3) is 15.9 Å². The molecule has 15 nitrogen and oxygen atoms in total. The highest BCUT2D eigenvalue weighted by atomic mass is 32.2. The third-order valence-corrected chi connectivity index (χ3v) is 16.3. The third-order valence-electron chi connectivity index (χ3n) is 15.0. The van der Waals surface area contributed by atoms with Crippen LogP contribution in [0.3, 0.4) is 0 Å². The largest absolute Gasteiger partial charge is 0.455 e. The van der Waals surface area contributed by atoms with Crippen LogP contribution in [-0.4, -0.2) is 95.9 Å². The zero-order valence-corrected chi connectivity index (χ0v) is 37.9. The average molecular weight is 902 g/mol. The molecule has 1 atom stereocenters. The standard InChI is InChI=1S/C49H59N9O6S/c1-2-55-22-23-57(44(32-55)41-11-7-6-10-40(41)34-12-13-34)37-27-49(28-37)17-20-56(21-18-49)36-14-15-42(45(25-36)64-38-24-35-16-19-50-46(35)52-30-38)48(59)54-65(62,63)39-26-43(58(60)61)47(53-31-39)51-29-33-8-4-3-5-9-33/h6-7,10-11,14-16,19,24-26,30-31,33-34,37,44H,2-5,8-9,12-13,17-18,20-23,27-29,32H2,1H3,(H,50,52)(H,51,53)(H,54,59)/t44-/m1/s1. The second-order valence-electron chi connectivity index (χ2n) is 19.1. The summed E-state index contributed by atoms with van der Waals surface area (Å²) in [4.78, 5) is 44.3. The van der Waals surface area contributed by atoms with Gasteiger partial charge in [-0.15, -0.1) is 0 Å². The minimum Gasteiger partial charge on any atom is -0.455 e. The SMILES string of the molecule is CCN1CCN(C2CC3(CCN(c4ccc(C(=O)NS(=O)(=O)c5cnc(NCC6CCCCC6)c([N+](=O)[O-])c5)c(Oc5cnc6[nH]ccc6c5)c4)CC3)C2)[C@@H](c2ccccc2C2CC2)C1. The number of nitrogens with one attached hydrogen (secondary N) is 3. The maximum atomic E-state index is 14.0. The Hall–Kier alpha value is -5.58. The molecule has 3 aliphatic carbocycles. The first kappa shape index (κ1) is 43.3. The van der Waals surface area contributed by atoms with Gasteiger partial charge in [-0.2, -0.15) is 0 Å². The van der Waals surface area contributed by atoms with Crippen molar-refractivity contribution in [2.75, 3.05) is 56.0 Å². The van der Waals surface area contributed by atoms with Gasteiger partial charge < -0.3 is 24.8 Å². The second-order valence-corrected chi connectivity index (χ2v) is 20.8. The van der Waals surface area contributed by atoms with Gasteiger partial charge in [0.2, 0.25) is 5.82 Å². The van der Waals surface area contributed by atoms with Crippen LogP contribution >= 0.6 is 0 Å². The van der Waals surface area contributed by atoms with Gasteiger partial charge in [0.05, 0.1) is 22.9 Å². The number of ether oxygens (including phenoxy) is 1. The number of fused-ring (bicyclic) bond motifs is 1. The van der Waals surface area contributed by atoms with Crippen molar-refractivity contribution in [1.29, 1.82) is 0 Å². The molecule has 5 aliphatic rings. The number of carbonyl (C=O) groups is 1. The number of amides is 1. The van der Waals surface area contributed by atoms with Crippen LogP contribution in [0.2, 0.25) is 0 Å².